The van der Waals surface area contributed by atoms with Gasteiger partial charge in [0.1, 0.15) is 5.82 Å². The highest BCUT2D eigenvalue weighted by Gasteiger charge is 2.33. The van der Waals surface area contributed by atoms with Crippen LogP contribution >= 0.6 is 11.6 Å². The maximum absolute atomic E-state index is 13.7. The number of nitrogens with two attached hydrogens (primary N) is 1. The van der Waals surface area contributed by atoms with E-state index in [0.717, 1.165) is 40.2 Å². The van der Waals surface area contributed by atoms with Crippen molar-refractivity contribution in [2.75, 3.05) is 5.73 Å². The Labute approximate surface area is 217 Å². The molecule has 1 aromatic carbocycles. The van der Waals surface area contributed by atoms with Crippen LogP contribution in [0.25, 0.3) is 21.8 Å². The van der Waals surface area contributed by atoms with Crippen LogP contribution in [0.4, 0.5) is 5.82 Å². The minimum absolute atomic E-state index is 0.0603. The maximum Gasteiger partial charge on any atom is 0.254 e. The molecule has 1 aliphatic rings. The van der Waals surface area contributed by atoms with Gasteiger partial charge in [-0.15, -0.1) is 0 Å². The lowest BCUT2D eigenvalue weighted by atomic mass is 10.1. The molecule has 0 unspecified atom stereocenters. The summed E-state index contributed by atoms with van der Waals surface area (Å²) in [4.78, 5) is 24.6. The van der Waals surface area contributed by atoms with Gasteiger partial charge in [-0.05, 0) is 37.1 Å². The van der Waals surface area contributed by atoms with Crippen molar-refractivity contribution in [1.29, 1.82) is 0 Å². The quantitative estimate of drug-likeness (QED) is 0.369. The number of anilines is 1. The molecule has 1 amide bonds. The molecule has 0 radical (unpaired) electrons. The number of amides is 1. The molecule has 2 N–H and O–H groups in total. The van der Waals surface area contributed by atoms with Crippen molar-refractivity contribution in [3.05, 3.63) is 76.5 Å². The van der Waals surface area contributed by atoms with Gasteiger partial charge < -0.3 is 10.6 Å². The molecule has 184 valence electrons. The van der Waals surface area contributed by atoms with E-state index in [1.807, 2.05) is 37.3 Å². The smallest absolute Gasteiger partial charge is 0.254 e. The van der Waals surface area contributed by atoms with Crippen molar-refractivity contribution in [3.8, 4) is 11.8 Å². The summed E-state index contributed by atoms with van der Waals surface area (Å²) in [6.07, 6.45) is 8.81. The molecule has 0 saturated heterocycles. The molecule has 1 fully saturated rings. The topological polar surface area (TPSA) is 108 Å². The molecule has 1 aliphatic carbocycles. The number of carbonyl (C=O) groups is 1. The summed E-state index contributed by atoms with van der Waals surface area (Å²) >= 11 is 6.52. The van der Waals surface area contributed by atoms with E-state index in [2.05, 4.69) is 32.0 Å². The van der Waals surface area contributed by atoms with Gasteiger partial charge in [0.2, 0.25) is 0 Å². The molecule has 9 nitrogen and oxygen atoms in total. The molecule has 4 heterocycles. The average molecular weight is 511 g/mol. The number of fused-ring (bicyclic) bond motifs is 3. The van der Waals surface area contributed by atoms with E-state index in [4.69, 9.17) is 17.3 Å². The summed E-state index contributed by atoms with van der Waals surface area (Å²) < 4.78 is 3.45. The fourth-order valence-electron chi connectivity index (χ4n) is 4.46. The zero-order valence-electron chi connectivity index (χ0n) is 20.3. The largest absolute Gasteiger partial charge is 0.383 e. The fourth-order valence-corrected chi connectivity index (χ4v) is 4.68. The summed E-state index contributed by atoms with van der Waals surface area (Å²) in [7, 11) is 3.69. The van der Waals surface area contributed by atoms with E-state index in [9.17, 15) is 4.79 Å². The lowest BCUT2D eigenvalue weighted by molar-refractivity contribution is 0.0728. The summed E-state index contributed by atoms with van der Waals surface area (Å²) in [5.74, 6) is 6.45. The van der Waals surface area contributed by atoms with Crippen molar-refractivity contribution in [3.63, 3.8) is 0 Å². The third-order valence-corrected chi connectivity index (χ3v) is 6.80. The predicted molar refractivity (Wildman–Crippen MR) is 142 cm³/mol. The van der Waals surface area contributed by atoms with Crippen LogP contribution in [-0.4, -0.2) is 46.4 Å². The van der Waals surface area contributed by atoms with Gasteiger partial charge in [0.05, 0.1) is 57.2 Å². The highest BCUT2D eigenvalue weighted by molar-refractivity contribution is 6.31. The number of aryl methyl sites for hydroxylation is 2. The normalized spacial score (nSPS) is 13.1. The van der Waals surface area contributed by atoms with Crippen molar-refractivity contribution >= 4 is 45.1 Å². The van der Waals surface area contributed by atoms with Crippen molar-refractivity contribution in [1.82, 2.24) is 34.4 Å². The van der Waals surface area contributed by atoms with Crippen molar-refractivity contribution < 1.29 is 4.79 Å². The van der Waals surface area contributed by atoms with Crippen LogP contribution in [0, 0.1) is 11.8 Å². The number of nitrogens with zero attached hydrogens (tertiary/aromatic N) is 7. The summed E-state index contributed by atoms with van der Waals surface area (Å²) in [6.45, 7) is 0.360. The number of hydrogen-bond donors (Lipinski definition) is 1. The Morgan fingerprint density at radius 1 is 1.14 bits per heavy atom. The number of halogens is 1. The molecule has 37 heavy (non-hydrogen) atoms. The Bertz CT molecular complexity index is 1760. The standard InChI is InChI=1S/C27H23ClN8O/c1-34-14-16(11-31-34)3-4-18-12-30-19(10-23(18)28)15-36(20-6-7-20)27(37)17-5-8-24-21(9-17)25-22(26(29)33-24)13-32-35(25)2/h5,8-14,20H,6-7,15H2,1-2H3,(H2,29,33). The lowest BCUT2D eigenvalue weighted by Gasteiger charge is -2.22. The van der Waals surface area contributed by atoms with Crippen LogP contribution in [-0.2, 0) is 20.6 Å². The number of carbonyl (C=O) groups excluding carboxylic acids is 1. The van der Waals surface area contributed by atoms with Crippen LogP contribution in [0.15, 0.2) is 49.1 Å². The number of rotatable bonds is 4. The van der Waals surface area contributed by atoms with Gasteiger partial charge in [-0.1, -0.05) is 23.4 Å². The lowest BCUT2D eigenvalue weighted by Crippen LogP contribution is -2.33. The maximum atomic E-state index is 13.7. The number of benzene rings is 1. The molecular formula is C27H23ClN8O. The first-order valence-corrected chi connectivity index (χ1v) is 12.2. The predicted octanol–water partition coefficient (Wildman–Crippen LogP) is 3.69. The van der Waals surface area contributed by atoms with Gasteiger partial charge in [-0.25, -0.2) is 4.98 Å². The molecule has 6 rings (SSSR count). The Kier molecular flexibility index (Phi) is 5.54. The van der Waals surface area contributed by atoms with Crippen LogP contribution < -0.4 is 5.73 Å². The van der Waals surface area contributed by atoms with Crippen molar-refractivity contribution in [2.45, 2.75) is 25.4 Å². The first-order chi connectivity index (χ1) is 17.9. The minimum atomic E-state index is -0.0603. The first-order valence-electron chi connectivity index (χ1n) is 11.8. The molecular weight excluding hydrogens is 488 g/mol. The number of nitrogen functional groups attached to an aromatic ring is 1. The highest BCUT2D eigenvalue weighted by atomic mass is 35.5. The minimum Gasteiger partial charge on any atom is -0.383 e. The molecule has 0 bridgehead atoms. The Balaban J connectivity index is 1.29. The second-order valence-electron chi connectivity index (χ2n) is 9.23. The van der Waals surface area contributed by atoms with Crippen LogP contribution in [0.5, 0.6) is 0 Å². The first kappa shape index (κ1) is 23.0. The Hall–Kier alpha value is -4.42. The summed E-state index contributed by atoms with van der Waals surface area (Å²) in [6, 6.07) is 7.47. The van der Waals surface area contributed by atoms with Crippen LogP contribution in [0.2, 0.25) is 5.02 Å². The fraction of sp³-hybridized carbons (Fsp3) is 0.222. The molecule has 4 aromatic heterocycles. The third-order valence-electron chi connectivity index (χ3n) is 6.49. The summed E-state index contributed by atoms with van der Waals surface area (Å²) in [5, 5.41) is 10.5. The van der Waals surface area contributed by atoms with E-state index in [1.54, 1.807) is 40.1 Å². The zero-order valence-corrected chi connectivity index (χ0v) is 21.1. The van der Waals surface area contributed by atoms with Gasteiger partial charge in [-0.3, -0.25) is 19.1 Å². The molecule has 0 atom stereocenters. The van der Waals surface area contributed by atoms with Gasteiger partial charge >= 0.3 is 0 Å². The molecule has 5 aromatic rings. The van der Waals surface area contributed by atoms with Crippen LogP contribution in [0.1, 0.15) is 40.0 Å². The number of pyridine rings is 2. The Morgan fingerprint density at radius 2 is 1.97 bits per heavy atom. The molecule has 0 aliphatic heterocycles. The number of hydrogen-bond acceptors (Lipinski definition) is 6. The molecule has 1 saturated carbocycles. The Morgan fingerprint density at radius 3 is 2.70 bits per heavy atom. The number of aromatic nitrogens is 6. The van der Waals surface area contributed by atoms with E-state index in [1.165, 1.54) is 0 Å². The average Bonchev–Trinajstić information content (AvgIpc) is 3.52. The third kappa shape index (κ3) is 4.36. The van der Waals surface area contributed by atoms with E-state index in [-0.39, 0.29) is 11.9 Å². The van der Waals surface area contributed by atoms with Gasteiger partial charge in [-0.2, -0.15) is 10.2 Å². The highest BCUT2D eigenvalue weighted by Crippen LogP contribution is 2.32. The molecule has 10 heteroatoms. The monoisotopic (exact) mass is 510 g/mol. The SMILES string of the molecule is Cn1cc(C#Cc2cnc(CN(C(=O)c3ccc4nc(N)c5cnn(C)c5c4c3)C3CC3)cc2Cl)cn1. The van der Waals surface area contributed by atoms with Gasteiger partial charge in [0.25, 0.3) is 5.91 Å². The second-order valence-corrected chi connectivity index (χ2v) is 9.64. The van der Waals surface area contributed by atoms with Gasteiger partial charge in [0, 0.05) is 43.5 Å². The molecule has 0 spiro atoms. The van der Waals surface area contributed by atoms with Crippen LogP contribution in [0.3, 0.4) is 0 Å². The van der Waals surface area contributed by atoms with E-state index >= 15 is 0 Å². The zero-order chi connectivity index (χ0) is 25.7. The van der Waals surface area contributed by atoms with E-state index < -0.39 is 0 Å². The van der Waals surface area contributed by atoms with Gasteiger partial charge in [0.15, 0.2) is 0 Å². The second kappa shape index (κ2) is 8.91. The van der Waals surface area contributed by atoms with Crippen molar-refractivity contribution in [2.24, 2.45) is 14.1 Å². The summed E-state index contributed by atoms with van der Waals surface area (Å²) in [5.41, 5.74) is 10.4. The van der Waals surface area contributed by atoms with E-state index in [0.29, 0.717) is 34.2 Å².